The number of hydrogen-bond acceptors (Lipinski definition) is 5. The van der Waals surface area contributed by atoms with E-state index in [1.54, 1.807) is 6.21 Å². The highest BCUT2D eigenvalue weighted by Gasteiger charge is 2.32. The topological polar surface area (TPSA) is 50.7 Å². The Morgan fingerprint density at radius 3 is 2.54 bits per heavy atom. The van der Waals surface area contributed by atoms with Crippen molar-refractivity contribution in [3.63, 3.8) is 0 Å². The molecule has 2 aromatic carbocycles. The van der Waals surface area contributed by atoms with Crippen LogP contribution in [0.15, 0.2) is 59.7 Å². The van der Waals surface area contributed by atoms with Crippen LogP contribution in [-0.4, -0.2) is 27.7 Å². The summed E-state index contributed by atoms with van der Waals surface area (Å²) < 4.78 is 5.74. The second kappa shape index (κ2) is 9.14. The second-order valence-corrected chi connectivity index (χ2v) is 9.60. The molecule has 0 spiro atoms. The molecule has 1 fully saturated rings. The summed E-state index contributed by atoms with van der Waals surface area (Å²) in [5.41, 5.74) is 4.66. The number of carbonyl (C=O) groups excluding carboxylic acids is 1. The maximum atomic E-state index is 12.0. The van der Waals surface area contributed by atoms with Gasteiger partial charge in [-0.3, -0.25) is 4.79 Å². The van der Waals surface area contributed by atoms with E-state index in [1.165, 1.54) is 0 Å². The van der Waals surface area contributed by atoms with Crippen molar-refractivity contribution in [2.45, 2.75) is 24.0 Å². The highest BCUT2D eigenvalue weighted by Crippen LogP contribution is 2.45. The molecule has 0 aromatic heterocycles. The van der Waals surface area contributed by atoms with Crippen LogP contribution in [0.5, 0.6) is 5.75 Å². The number of nitrogens with one attached hydrogen (secondary N) is 1. The normalized spacial score (nSPS) is 15.9. The minimum absolute atomic E-state index is 0.0165. The second-order valence-electron chi connectivity index (χ2n) is 6.14. The van der Waals surface area contributed by atoms with E-state index in [0.717, 1.165) is 28.4 Å². The number of amides is 1. The van der Waals surface area contributed by atoms with Gasteiger partial charge in [0.2, 0.25) is 5.91 Å². The van der Waals surface area contributed by atoms with Gasteiger partial charge >= 0.3 is 0 Å². The molecule has 0 saturated carbocycles. The molecule has 1 aliphatic heterocycles. The molecule has 1 heterocycles. The molecule has 0 bridgehead atoms. The standard InChI is InChI=1S/C20H22N2O2S2/c1-20(25-11-12-26-20)13-19(23)22-21-14-16-7-9-18(10-8-16)24-15-17-5-3-2-4-6-17/h2-10,14H,11-13,15H2,1H3,(H,22,23). The van der Waals surface area contributed by atoms with Crippen LogP contribution < -0.4 is 10.2 Å². The first-order chi connectivity index (χ1) is 12.6. The summed E-state index contributed by atoms with van der Waals surface area (Å²) in [6, 6.07) is 17.7. The van der Waals surface area contributed by atoms with Gasteiger partial charge < -0.3 is 4.74 Å². The van der Waals surface area contributed by atoms with Crippen molar-refractivity contribution in [3.05, 3.63) is 65.7 Å². The van der Waals surface area contributed by atoms with E-state index in [9.17, 15) is 4.79 Å². The molecule has 136 valence electrons. The Labute approximate surface area is 162 Å². The molecule has 0 atom stereocenters. The quantitative estimate of drug-likeness (QED) is 0.569. The molecule has 4 nitrogen and oxygen atoms in total. The number of ether oxygens (including phenoxy) is 1. The first kappa shape index (κ1) is 18.9. The number of carbonyl (C=O) groups is 1. The van der Waals surface area contributed by atoms with Gasteiger partial charge in [0.15, 0.2) is 0 Å². The largest absolute Gasteiger partial charge is 0.489 e. The number of benzene rings is 2. The number of rotatable bonds is 7. The molecule has 1 N–H and O–H groups in total. The maximum Gasteiger partial charge on any atom is 0.242 e. The predicted octanol–water partition coefficient (Wildman–Crippen LogP) is 4.30. The Morgan fingerprint density at radius 2 is 1.85 bits per heavy atom. The molecular weight excluding hydrogens is 364 g/mol. The van der Waals surface area contributed by atoms with Crippen LogP contribution in [0.25, 0.3) is 0 Å². The third kappa shape index (κ3) is 5.81. The molecule has 1 aliphatic rings. The van der Waals surface area contributed by atoms with Crippen molar-refractivity contribution in [3.8, 4) is 5.75 Å². The molecule has 0 radical (unpaired) electrons. The van der Waals surface area contributed by atoms with Crippen molar-refractivity contribution >= 4 is 35.6 Å². The van der Waals surface area contributed by atoms with Crippen molar-refractivity contribution in [1.29, 1.82) is 0 Å². The third-order valence-corrected chi connectivity index (χ3v) is 7.20. The van der Waals surface area contributed by atoms with Crippen LogP contribution in [0, 0.1) is 0 Å². The van der Waals surface area contributed by atoms with Crippen molar-refractivity contribution in [2.75, 3.05) is 11.5 Å². The van der Waals surface area contributed by atoms with Crippen LogP contribution in [-0.2, 0) is 11.4 Å². The fraction of sp³-hybridized carbons (Fsp3) is 0.300. The van der Waals surface area contributed by atoms with Crippen LogP contribution in [0.4, 0.5) is 0 Å². The van der Waals surface area contributed by atoms with Gasteiger partial charge in [-0.2, -0.15) is 5.10 Å². The summed E-state index contributed by atoms with van der Waals surface area (Å²) in [7, 11) is 0. The molecule has 0 unspecified atom stereocenters. The van der Waals surface area contributed by atoms with Gasteiger partial charge in [-0.1, -0.05) is 30.3 Å². The van der Waals surface area contributed by atoms with E-state index in [2.05, 4.69) is 17.5 Å². The molecule has 1 saturated heterocycles. The zero-order chi connectivity index (χ0) is 18.2. The van der Waals surface area contributed by atoms with E-state index in [4.69, 9.17) is 4.74 Å². The average molecular weight is 387 g/mol. The van der Waals surface area contributed by atoms with Crippen molar-refractivity contribution in [1.82, 2.24) is 5.43 Å². The fourth-order valence-electron chi connectivity index (χ4n) is 2.56. The van der Waals surface area contributed by atoms with E-state index >= 15 is 0 Å². The van der Waals surface area contributed by atoms with Gasteiger partial charge in [0.05, 0.1) is 16.7 Å². The van der Waals surface area contributed by atoms with Crippen LogP contribution in [0.1, 0.15) is 24.5 Å². The minimum Gasteiger partial charge on any atom is -0.489 e. The molecular formula is C20H22N2O2S2. The zero-order valence-electron chi connectivity index (χ0n) is 14.7. The molecule has 2 aromatic rings. The van der Waals surface area contributed by atoms with Crippen LogP contribution in [0.2, 0.25) is 0 Å². The van der Waals surface area contributed by atoms with Gasteiger partial charge in [-0.15, -0.1) is 23.5 Å². The summed E-state index contributed by atoms with van der Waals surface area (Å²) >= 11 is 3.69. The first-order valence-corrected chi connectivity index (χ1v) is 10.5. The third-order valence-electron chi connectivity index (χ3n) is 3.91. The van der Waals surface area contributed by atoms with E-state index in [-0.39, 0.29) is 9.99 Å². The Morgan fingerprint density at radius 1 is 1.15 bits per heavy atom. The number of hydrazone groups is 1. The summed E-state index contributed by atoms with van der Waals surface area (Å²) in [6.45, 7) is 2.66. The average Bonchev–Trinajstić information content (AvgIpc) is 3.08. The highest BCUT2D eigenvalue weighted by molar-refractivity contribution is 8.21. The zero-order valence-corrected chi connectivity index (χ0v) is 16.3. The monoisotopic (exact) mass is 386 g/mol. The summed E-state index contributed by atoms with van der Waals surface area (Å²) in [5.74, 6) is 2.97. The maximum absolute atomic E-state index is 12.0. The fourth-order valence-corrected chi connectivity index (χ4v) is 5.39. The summed E-state index contributed by atoms with van der Waals surface area (Å²) in [6.07, 6.45) is 2.13. The lowest BCUT2D eigenvalue weighted by atomic mass is 10.2. The molecule has 26 heavy (non-hydrogen) atoms. The Kier molecular flexibility index (Phi) is 6.63. The van der Waals surface area contributed by atoms with Gasteiger partial charge in [-0.25, -0.2) is 5.43 Å². The van der Waals surface area contributed by atoms with Crippen molar-refractivity contribution < 1.29 is 9.53 Å². The Balaban J connectivity index is 1.44. The molecule has 0 aliphatic carbocycles. The van der Waals surface area contributed by atoms with Crippen LogP contribution in [0.3, 0.4) is 0 Å². The Hall–Kier alpha value is -1.92. The summed E-state index contributed by atoms with van der Waals surface area (Å²) in [4.78, 5) is 12.0. The van der Waals surface area contributed by atoms with Gasteiger partial charge in [0.25, 0.3) is 0 Å². The SMILES string of the molecule is CC1(CC(=O)NN=Cc2ccc(OCc3ccccc3)cc2)SCCS1. The van der Waals surface area contributed by atoms with Gasteiger partial charge in [-0.05, 0) is 42.3 Å². The lowest BCUT2D eigenvalue weighted by Crippen LogP contribution is -2.26. The number of nitrogens with zero attached hydrogens (tertiary/aromatic N) is 1. The number of hydrogen-bond donors (Lipinski definition) is 1. The van der Waals surface area contributed by atoms with Crippen molar-refractivity contribution in [2.24, 2.45) is 5.10 Å². The summed E-state index contributed by atoms with van der Waals surface area (Å²) in [5, 5.41) is 4.05. The van der Waals surface area contributed by atoms with E-state index in [0.29, 0.717) is 13.0 Å². The smallest absolute Gasteiger partial charge is 0.242 e. The molecule has 6 heteroatoms. The lowest BCUT2D eigenvalue weighted by molar-refractivity contribution is -0.121. The van der Waals surface area contributed by atoms with E-state index in [1.807, 2.05) is 78.1 Å². The lowest BCUT2D eigenvalue weighted by Gasteiger charge is -2.19. The molecule has 3 rings (SSSR count). The van der Waals surface area contributed by atoms with E-state index < -0.39 is 0 Å². The first-order valence-electron chi connectivity index (χ1n) is 8.50. The Bertz CT molecular complexity index is 742. The highest BCUT2D eigenvalue weighted by atomic mass is 32.2. The molecule has 1 amide bonds. The number of thioether (sulfide) groups is 2. The van der Waals surface area contributed by atoms with Gasteiger partial charge in [0.1, 0.15) is 12.4 Å². The minimum atomic E-state index is -0.0477. The predicted molar refractivity (Wildman–Crippen MR) is 111 cm³/mol. The van der Waals surface area contributed by atoms with Crippen LogP contribution >= 0.6 is 23.5 Å². The van der Waals surface area contributed by atoms with Gasteiger partial charge in [0, 0.05) is 11.5 Å².